The smallest absolute Gasteiger partial charge is 0.414 e. The lowest BCUT2D eigenvalue weighted by Gasteiger charge is -2.34. The Kier molecular flexibility index (Phi) is 7.41. The number of nitro groups is 1. The van der Waals surface area contributed by atoms with Crippen LogP contribution in [-0.4, -0.2) is 75.8 Å². The van der Waals surface area contributed by atoms with Crippen molar-refractivity contribution in [3.63, 3.8) is 0 Å². The highest BCUT2D eigenvalue weighted by molar-refractivity contribution is 6.27. The second-order valence-corrected chi connectivity index (χ2v) is 7.17. The van der Waals surface area contributed by atoms with E-state index >= 15 is 0 Å². The first-order valence-electron chi connectivity index (χ1n) is 9.85. The molecule has 2 N–H and O–H groups in total. The molecule has 1 amide bonds. The Morgan fingerprint density at radius 2 is 1.52 bits per heavy atom. The van der Waals surface area contributed by atoms with Crippen LogP contribution in [0, 0.1) is 10.1 Å². The van der Waals surface area contributed by atoms with Crippen LogP contribution in [-0.2, 0) is 16.1 Å². The van der Waals surface area contributed by atoms with Crippen molar-refractivity contribution in [1.82, 2.24) is 9.80 Å². The van der Waals surface area contributed by atoms with Crippen LogP contribution < -0.4 is 9.47 Å². The predicted octanol–water partition coefficient (Wildman–Crippen LogP) is 1.44. The second kappa shape index (κ2) is 10.4. The summed E-state index contributed by atoms with van der Waals surface area (Å²) in [5.74, 6) is -2.19. The third-order valence-electron chi connectivity index (χ3n) is 5.01. The Labute approximate surface area is 187 Å². The molecule has 0 spiro atoms. The molecule has 33 heavy (non-hydrogen) atoms. The number of nitro benzene ring substituents is 1. The fourth-order valence-electron chi connectivity index (χ4n) is 3.31. The van der Waals surface area contributed by atoms with Gasteiger partial charge in [0, 0.05) is 50.4 Å². The lowest BCUT2D eigenvalue weighted by atomic mass is 10.1. The number of ether oxygens (including phenoxy) is 2. The monoisotopic (exact) mass is 459 g/mol. The molecule has 0 unspecified atom stereocenters. The number of non-ortho nitro benzene ring substituents is 1. The molecule has 0 bridgehead atoms. The largest absolute Gasteiger partial charge is 0.473 e. The van der Waals surface area contributed by atoms with Gasteiger partial charge in [-0.05, 0) is 29.8 Å². The van der Waals surface area contributed by atoms with E-state index in [4.69, 9.17) is 29.3 Å². The number of carboxylic acid groups (broad SMARTS) is 2. The van der Waals surface area contributed by atoms with Gasteiger partial charge in [-0.3, -0.25) is 19.8 Å². The zero-order valence-corrected chi connectivity index (χ0v) is 17.4. The number of aliphatic carboxylic acids is 2. The minimum Gasteiger partial charge on any atom is -0.473 e. The van der Waals surface area contributed by atoms with Crippen molar-refractivity contribution in [2.45, 2.75) is 6.54 Å². The number of piperazine rings is 1. The van der Waals surface area contributed by atoms with E-state index in [9.17, 15) is 14.9 Å². The molecule has 174 valence electrons. The first-order valence-corrected chi connectivity index (χ1v) is 9.85. The molecular formula is C21H21N3O9. The van der Waals surface area contributed by atoms with E-state index in [2.05, 4.69) is 4.90 Å². The number of carbonyl (C=O) groups is 3. The van der Waals surface area contributed by atoms with Gasteiger partial charge in [0.25, 0.3) is 11.6 Å². The van der Waals surface area contributed by atoms with Crippen molar-refractivity contribution in [2.24, 2.45) is 0 Å². The highest BCUT2D eigenvalue weighted by Crippen LogP contribution is 2.32. The molecule has 0 radical (unpaired) electrons. The summed E-state index contributed by atoms with van der Waals surface area (Å²) < 4.78 is 10.7. The first kappa shape index (κ1) is 23.5. The number of amides is 1. The molecule has 0 saturated carbocycles. The molecule has 2 aromatic carbocycles. The molecular weight excluding hydrogens is 438 g/mol. The molecule has 12 heteroatoms. The van der Waals surface area contributed by atoms with E-state index in [0.717, 1.165) is 36.7 Å². The summed E-state index contributed by atoms with van der Waals surface area (Å²) in [5.41, 5.74) is 1.61. The van der Waals surface area contributed by atoms with Crippen molar-refractivity contribution in [1.29, 1.82) is 0 Å². The average Bonchev–Trinajstić information content (AvgIpc) is 3.27. The normalized spacial score (nSPS) is 14.7. The summed E-state index contributed by atoms with van der Waals surface area (Å²) in [6.07, 6.45) is 0. The zero-order chi connectivity index (χ0) is 24.0. The van der Waals surface area contributed by atoms with Gasteiger partial charge in [0.1, 0.15) is 0 Å². The van der Waals surface area contributed by atoms with Crippen molar-refractivity contribution < 1.29 is 39.0 Å². The zero-order valence-electron chi connectivity index (χ0n) is 17.4. The van der Waals surface area contributed by atoms with E-state index in [-0.39, 0.29) is 18.4 Å². The predicted molar refractivity (Wildman–Crippen MR) is 112 cm³/mol. The van der Waals surface area contributed by atoms with E-state index < -0.39 is 16.9 Å². The van der Waals surface area contributed by atoms with E-state index in [0.29, 0.717) is 18.7 Å². The van der Waals surface area contributed by atoms with Crippen LogP contribution in [0.3, 0.4) is 0 Å². The van der Waals surface area contributed by atoms with Gasteiger partial charge in [0.2, 0.25) is 6.79 Å². The molecule has 1 fully saturated rings. The maximum atomic E-state index is 12.6. The maximum absolute atomic E-state index is 12.6. The lowest BCUT2D eigenvalue weighted by Crippen LogP contribution is -2.48. The summed E-state index contributed by atoms with van der Waals surface area (Å²) in [4.78, 5) is 45.1. The Balaban J connectivity index is 0.000000454. The van der Waals surface area contributed by atoms with E-state index in [1.165, 1.54) is 24.3 Å². The molecule has 2 aliphatic rings. The summed E-state index contributed by atoms with van der Waals surface area (Å²) >= 11 is 0. The fraction of sp³-hybridized carbons (Fsp3) is 0.286. The van der Waals surface area contributed by atoms with Crippen LogP contribution in [0.25, 0.3) is 0 Å². The van der Waals surface area contributed by atoms with Gasteiger partial charge >= 0.3 is 11.9 Å². The number of hydrogen-bond donors (Lipinski definition) is 2. The van der Waals surface area contributed by atoms with Crippen molar-refractivity contribution in [3.8, 4) is 11.5 Å². The van der Waals surface area contributed by atoms with Crippen LogP contribution >= 0.6 is 0 Å². The Morgan fingerprint density at radius 3 is 2.09 bits per heavy atom. The molecule has 1 saturated heterocycles. The summed E-state index contributed by atoms with van der Waals surface area (Å²) in [5, 5.41) is 25.5. The van der Waals surface area contributed by atoms with Crippen LogP contribution in [0.15, 0.2) is 42.5 Å². The van der Waals surface area contributed by atoms with Crippen LogP contribution in [0.4, 0.5) is 5.69 Å². The number of nitrogens with zero attached hydrogens (tertiary/aromatic N) is 3. The molecule has 2 heterocycles. The molecule has 4 rings (SSSR count). The number of carboxylic acids is 2. The van der Waals surface area contributed by atoms with E-state index in [1.807, 2.05) is 18.2 Å². The SMILES string of the molecule is O=C(O)C(=O)O.O=C(c1ccc([N+](=O)[O-])cc1)N1CCN(Cc2ccc3c(c2)OCO3)CC1. The van der Waals surface area contributed by atoms with Crippen molar-refractivity contribution in [3.05, 3.63) is 63.7 Å². The van der Waals surface area contributed by atoms with Crippen molar-refractivity contribution >= 4 is 23.5 Å². The summed E-state index contributed by atoms with van der Waals surface area (Å²) in [7, 11) is 0. The molecule has 0 aliphatic carbocycles. The highest BCUT2D eigenvalue weighted by atomic mass is 16.7. The molecule has 2 aromatic rings. The third kappa shape index (κ3) is 6.17. The van der Waals surface area contributed by atoms with E-state index in [1.54, 1.807) is 4.90 Å². The topological polar surface area (TPSA) is 160 Å². The summed E-state index contributed by atoms with van der Waals surface area (Å²) in [6.45, 7) is 3.85. The number of hydrogen-bond acceptors (Lipinski definition) is 8. The van der Waals surface area contributed by atoms with Gasteiger partial charge in [-0.25, -0.2) is 9.59 Å². The average molecular weight is 459 g/mol. The van der Waals surface area contributed by atoms with Gasteiger partial charge in [-0.2, -0.15) is 0 Å². The highest BCUT2D eigenvalue weighted by Gasteiger charge is 2.23. The molecule has 2 aliphatic heterocycles. The molecule has 0 atom stereocenters. The number of rotatable bonds is 4. The minimum atomic E-state index is -1.82. The minimum absolute atomic E-state index is 0.0138. The number of carbonyl (C=O) groups excluding carboxylic acids is 1. The van der Waals surface area contributed by atoms with Crippen LogP contribution in [0.1, 0.15) is 15.9 Å². The lowest BCUT2D eigenvalue weighted by molar-refractivity contribution is -0.384. The van der Waals surface area contributed by atoms with Gasteiger partial charge in [0.05, 0.1) is 4.92 Å². The number of fused-ring (bicyclic) bond motifs is 1. The van der Waals surface area contributed by atoms with Gasteiger partial charge in [0.15, 0.2) is 11.5 Å². The Bertz CT molecular complexity index is 1040. The Morgan fingerprint density at radius 1 is 0.909 bits per heavy atom. The maximum Gasteiger partial charge on any atom is 0.414 e. The fourth-order valence-corrected chi connectivity index (χ4v) is 3.31. The van der Waals surface area contributed by atoms with Gasteiger partial charge in [-0.1, -0.05) is 6.07 Å². The van der Waals surface area contributed by atoms with Crippen LogP contribution in [0.2, 0.25) is 0 Å². The van der Waals surface area contributed by atoms with Crippen molar-refractivity contribution in [2.75, 3.05) is 33.0 Å². The standard InChI is InChI=1S/C19H19N3O5.C2H2O4/c23-19(15-2-4-16(5-3-15)22(24)25)21-9-7-20(8-10-21)12-14-1-6-17-18(11-14)27-13-26-17;3-1(4)2(5)6/h1-6,11H,7-10,12-13H2;(H,3,4)(H,5,6). The number of benzene rings is 2. The molecule has 0 aromatic heterocycles. The third-order valence-corrected chi connectivity index (χ3v) is 5.01. The van der Waals surface area contributed by atoms with Crippen LogP contribution in [0.5, 0.6) is 11.5 Å². The van der Waals surface area contributed by atoms with Gasteiger partial charge < -0.3 is 24.6 Å². The second-order valence-electron chi connectivity index (χ2n) is 7.17. The quantitative estimate of drug-likeness (QED) is 0.389. The molecule has 12 nitrogen and oxygen atoms in total. The van der Waals surface area contributed by atoms with Gasteiger partial charge in [-0.15, -0.1) is 0 Å². The Hall–Kier alpha value is -4.19. The first-order chi connectivity index (χ1) is 15.7. The summed E-state index contributed by atoms with van der Waals surface area (Å²) in [6, 6.07) is 11.7.